The van der Waals surface area contributed by atoms with E-state index in [2.05, 4.69) is 16.4 Å². The number of nitrogens with one attached hydrogen (secondary N) is 2. The summed E-state index contributed by atoms with van der Waals surface area (Å²) in [6.45, 7) is 2.03. The van der Waals surface area contributed by atoms with Gasteiger partial charge < -0.3 is 15.0 Å². The standard InChI is InChI=1S/C20H19ClN2O2/c1-12-18(14-5-3-4-6-16(14)22-12)20(9-10-20)19(24)23-13-7-8-17(25-2)15(21)11-13/h3-8,11,22H,9-10H2,1-2H3,(H,23,24). The highest BCUT2D eigenvalue weighted by Gasteiger charge is 2.53. The van der Waals surface area contributed by atoms with Crippen molar-refractivity contribution in [1.82, 2.24) is 4.98 Å². The molecule has 0 unspecified atom stereocenters. The van der Waals surface area contributed by atoms with Gasteiger partial charge in [-0.3, -0.25) is 4.79 Å². The van der Waals surface area contributed by atoms with Crippen LogP contribution in [0.3, 0.4) is 0 Å². The van der Waals surface area contributed by atoms with Crippen molar-refractivity contribution in [3.05, 3.63) is 58.7 Å². The quantitative estimate of drug-likeness (QED) is 0.706. The fourth-order valence-corrected chi connectivity index (χ4v) is 3.86. The zero-order chi connectivity index (χ0) is 17.6. The number of carbonyl (C=O) groups excluding carboxylic acids is 1. The Labute approximate surface area is 151 Å². The van der Waals surface area contributed by atoms with Crippen molar-refractivity contribution in [3.63, 3.8) is 0 Å². The van der Waals surface area contributed by atoms with Crippen LogP contribution in [-0.4, -0.2) is 18.0 Å². The van der Waals surface area contributed by atoms with E-state index >= 15 is 0 Å². The number of carbonyl (C=O) groups is 1. The van der Waals surface area contributed by atoms with E-state index in [1.807, 2.05) is 25.1 Å². The summed E-state index contributed by atoms with van der Waals surface area (Å²) in [5.74, 6) is 0.606. The fourth-order valence-electron chi connectivity index (χ4n) is 3.60. The molecule has 1 fully saturated rings. The van der Waals surface area contributed by atoms with Crippen LogP contribution in [0.25, 0.3) is 10.9 Å². The van der Waals surface area contributed by atoms with Crippen LogP contribution in [-0.2, 0) is 10.2 Å². The topological polar surface area (TPSA) is 54.1 Å². The van der Waals surface area contributed by atoms with Crippen LogP contribution < -0.4 is 10.1 Å². The third-order valence-electron chi connectivity index (χ3n) is 4.97. The third-order valence-corrected chi connectivity index (χ3v) is 5.26. The minimum atomic E-state index is -0.462. The van der Waals surface area contributed by atoms with Crippen LogP contribution in [0.2, 0.25) is 5.02 Å². The predicted octanol–water partition coefficient (Wildman–Crippen LogP) is 4.81. The van der Waals surface area contributed by atoms with Crippen LogP contribution in [0, 0.1) is 6.92 Å². The molecule has 1 aromatic heterocycles. The molecule has 0 radical (unpaired) electrons. The summed E-state index contributed by atoms with van der Waals surface area (Å²) in [7, 11) is 1.57. The molecule has 0 saturated heterocycles. The molecule has 1 heterocycles. The molecule has 2 aromatic carbocycles. The Bertz CT molecular complexity index is 973. The van der Waals surface area contributed by atoms with Crippen LogP contribution in [0.15, 0.2) is 42.5 Å². The van der Waals surface area contributed by atoms with E-state index in [9.17, 15) is 4.79 Å². The Morgan fingerprint density at radius 2 is 2.00 bits per heavy atom. The van der Waals surface area contributed by atoms with E-state index in [4.69, 9.17) is 16.3 Å². The fraction of sp³-hybridized carbons (Fsp3) is 0.250. The average Bonchev–Trinajstić information content (AvgIpc) is 3.32. The summed E-state index contributed by atoms with van der Waals surface area (Å²) in [6.07, 6.45) is 1.71. The summed E-state index contributed by atoms with van der Waals surface area (Å²) in [5, 5.41) is 4.63. The molecular formula is C20H19ClN2O2. The molecule has 1 saturated carbocycles. The first kappa shape index (κ1) is 16.0. The van der Waals surface area contributed by atoms with Crippen LogP contribution in [0.1, 0.15) is 24.1 Å². The molecule has 3 aromatic rings. The lowest BCUT2D eigenvalue weighted by Gasteiger charge is -2.17. The first-order chi connectivity index (χ1) is 12.0. The molecule has 4 nitrogen and oxygen atoms in total. The second kappa shape index (κ2) is 5.81. The SMILES string of the molecule is COc1ccc(NC(=O)C2(c3c(C)[nH]c4ccccc34)CC2)cc1Cl. The number of halogens is 1. The highest BCUT2D eigenvalue weighted by Crippen LogP contribution is 2.52. The van der Waals surface area contributed by atoms with Gasteiger partial charge in [-0.1, -0.05) is 29.8 Å². The number of methoxy groups -OCH3 is 1. The number of aromatic amines is 1. The number of amides is 1. The molecule has 1 aliphatic rings. The molecule has 5 heteroatoms. The molecule has 2 N–H and O–H groups in total. The summed E-state index contributed by atoms with van der Waals surface area (Å²) >= 11 is 6.16. The van der Waals surface area contributed by atoms with Gasteiger partial charge in [-0.05, 0) is 49.6 Å². The molecule has 0 bridgehead atoms. The zero-order valence-electron chi connectivity index (χ0n) is 14.2. The van der Waals surface area contributed by atoms with Gasteiger partial charge in [0.15, 0.2) is 0 Å². The lowest BCUT2D eigenvalue weighted by molar-refractivity contribution is -0.118. The monoisotopic (exact) mass is 354 g/mol. The molecule has 1 aliphatic carbocycles. The molecule has 0 spiro atoms. The van der Waals surface area contributed by atoms with Crippen molar-refractivity contribution in [2.45, 2.75) is 25.2 Å². The van der Waals surface area contributed by atoms with E-state index in [-0.39, 0.29) is 5.91 Å². The molecule has 4 rings (SSSR count). The number of benzene rings is 2. The first-order valence-electron chi connectivity index (χ1n) is 8.28. The number of rotatable bonds is 4. The van der Waals surface area contributed by atoms with Gasteiger partial charge in [-0.25, -0.2) is 0 Å². The molecular weight excluding hydrogens is 336 g/mol. The number of hydrogen-bond acceptors (Lipinski definition) is 2. The zero-order valence-corrected chi connectivity index (χ0v) is 14.9. The third kappa shape index (κ3) is 2.57. The number of H-pyrrole nitrogens is 1. The van der Waals surface area contributed by atoms with Gasteiger partial charge in [0, 0.05) is 22.3 Å². The van der Waals surface area contributed by atoms with Crippen molar-refractivity contribution < 1.29 is 9.53 Å². The Balaban J connectivity index is 1.67. The van der Waals surface area contributed by atoms with E-state index in [0.29, 0.717) is 16.5 Å². The number of aryl methyl sites for hydroxylation is 1. The Morgan fingerprint density at radius 1 is 1.24 bits per heavy atom. The minimum absolute atomic E-state index is 0.0154. The van der Waals surface area contributed by atoms with Gasteiger partial charge in [0.25, 0.3) is 0 Å². The van der Waals surface area contributed by atoms with E-state index in [1.165, 1.54) is 0 Å². The van der Waals surface area contributed by atoms with E-state index < -0.39 is 5.41 Å². The number of para-hydroxylation sites is 1. The highest BCUT2D eigenvalue weighted by atomic mass is 35.5. The van der Waals surface area contributed by atoms with Gasteiger partial charge in [0.1, 0.15) is 5.75 Å². The molecule has 25 heavy (non-hydrogen) atoms. The average molecular weight is 355 g/mol. The number of hydrogen-bond donors (Lipinski definition) is 2. The van der Waals surface area contributed by atoms with E-state index in [0.717, 1.165) is 35.0 Å². The Hall–Kier alpha value is -2.46. The van der Waals surface area contributed by atoms with Crippen LogP contribution in [0.4, 0.5) is 5.69 Å². The van der Waals surface area contributed by atoms with Crippen molar-refractivity contribution in [1.29, 1.82) is 0 Å². The second-order valence-corrected chi connectivity index (χ2v) is 6.96. The Morgan fingerprint density at radius 3 is 2.68 bits per heavy atom. The predicted molar refractivity (Wildman–Crippen MR) is 101 cm³/mol. The van der Waals surface area contributed by atoms with Crippen molar-refractivity contribution in [2.75, 3.05) is 12.4 Å². The number of anilines is 1. The summed E-state index contributed by atoms with van der Waals surface area (Å²) in [4.78, 5) is 16.5. The molecule has 128 valence electrons. The van der Waals surface area contributed by atoms with Crippen LogP contribution in [0.5, 0.6) is 5.75 Å². The normalized spacial score (nSPS) is 15.2. The number of aromatic nitrogens is 1. The molecule has 0 aliphatic heterocycles. The van der Waals surface area contributed by atoms with E-state index in [1.54, 1.807) is 25.3 Å². The maximum absolute atomic E-state index is 13.1. The number of ether oxygens (including phenoxy) is 1. The lowest BCUT2D eigenvalue weighted by atomic mass is 9.92. The lowest BCUT2D eigenvalue weighted by Crippen LogP contribution is -2.28. The minimum Gasteiger partial charge on any atom is -0.495 e. The van der Waals surface area contributed by atoms with Gasteiger partial charge in [-0.15, -0.1) is 0 Å². The van der Waals surface area contributed by atoms with Gasteiger partial charge >= 0.3 is 0 Å². The highest BCUT2D eigenvalue weighted by molar-refractivity contribution is 6.32. The second-order valence-electron chi connectivity index (χ2n) is 6.56. The molecule has 0 atom stereocenters. The summed E-state index contributed by atoms with van der Waals surface area (Å²) in [6, 6.07) is 13.4. The van der Waals surface area contributed by atoms with Gasteiger partial charge in [0.2, 0.25) is 5.91 Å². The van der Waals surface area contributed by atoms with Gasteiger partial charge in [-0.2, -0.15) is 0 Å². The Kier molecular flexibility index (Phi) is 3.73. The van der Waals surface area contributed by atoms with Crippen molar-refractivity contribution >= 4 is 34.1 Å². The van der Waals surface area contributed by atoms with Gasteiger partial charge in [0.05, 0.1) is 17.5 Å². The smallest absolute Gasteiger partial charge is 0.235 e. The number of fused-ring (bicyclic) bond motifs is 1. The van der Waals surface area contributed by atoms with Crippen molar-refractivity contribution in [3.8, 4) is 5.75 Å². The maximum atomic E-state index is 13.1. The van der Waals surface area contributed by atoms with Crippen molar-refractivity contribution in [2.24, 2.45) is 0 Å². The van der Waals surface area contributed by atoms with Crippen LogP contribution >= 0.6 is 11.6 Å². The maximum Gasteiger partial charge on any atom is 0.235 e. The summed E-state index contributed by atoms with van der Waals surface area (Å²) < 4.78 is 5.16. The summed E-state index contributed by atoms with van der Waals surface area (Å²) in [5.41, 5.74) is 3.46. The molecule has 1 amide bonds. The first-order valence-corrected chi connectivity index (χ1v) is 8.66. The largest absolute Gasteiger partial charge is 0.495 e.